The van der Waals surface area contributed by atoms with Crippen LogP contribution in [0.2, 0.25) is 0 Å². The van der Waals surface area contributed by atoms with Gasteiger partial charge in [-0.25, -0.2) is 0 Å². The van der Waals surface area contributed by atoms with E-state index in [0.717, 1.165) is 0 Å². The molecule has 1 heterocycles. The van der Waals surface area contributed by atoms with E-state index in [1.165, 1.54) is 0 Å². The first-order valence-corrected chi connectivity index (χ1v) is 4.19. The highest BCUT2D eigenvalue weighted by atomic mass is 16.7. The topological polar surface area (TPSA) is 65.0 Å². The minimum Gasteiger partial charge on any atom is -0.465 e. The number of aliphatic hydroxyl groups excluding tert-OH is 1. The van der Waals surface area contributed by atoms with Gasteiger partial charge in [0.25, 0.3) is 0 Å². The molecule has 1 fully saturated rings. The second kappa shape index (κ2) is 4.55. The number of hydrogen-bond donors (Lipinski definition) is 1. The standard InChI is InChI=1S/C8H14O5/c1-2-13-7(10)8(3-9)4-11-6-12-5-8/h9H,2-6H2,1H3. The van der Waals surface area contributed by atoms with Gasteiger partial charge in [-0.1, -0.05) is 0 Å². The average molecular weight is 190 g/mol. The Morgan fingerprint density at radius 2 is 2.15 bits per heavy atom. The first-order valence-electron chi connectivity index (χ1n) is 4.19. The van der Waals surface area contributed by atoms with Crippen molar-refractivity contribution in [3.63, 3.8) is 0 Å². The van der Waals surface area contributed by atoms with E-state index >= 15 is 0 Å². The normalized spacial score (nSPS) is 21.1. The zero-order valence-electron chi connectivity index (χ0n) is 7.62. The molecule has 0 spiro atoms. The highest BCUT2D eigenvalue weighted by Crippen LogP contribution is 2.23. The molecule has 0 bridgehead atoms. The molecule has 1 rings (SSSR count). The molecule has 0 aliphatic carbocycles. The minimum absolute atomic E-state index is 0.155. The summed E-state index contributed by atoms with van der Waals surface area (Å²) in [6.45, 7) is 2.17. The largest absolute Gasteiger partial charge is 0.465 e. The number of hydrogen-bond acceptors (Lipinski definition) is 5. The molecule has 0 aromatic rings. The highest BCUT2D eigenvalue weighted by Gasteiger charge is 2.42. The Bertz CT molecular complexity index is 173. The molecule has 0 amide bonds. The number of carbonyl (C=O) groups excluding carboxylic acids is 1. The minimum atomic E-state index is -1.02. The summed E-state index contributed by atoms with van der Waals surface area (Å²) in [7, 11) is 0. The van der Waals surface area contributed by atoms with Crippen LogP contribution in [0.3, 0.4) is 0 Å². The molecule has 1 aliphatic heterocycles. The Morgan fingerprint density at radius 1 is 1.54 bits per heavy atom. The third kappa shape index (κ3) is 2.18. The van der Waals surface area contributed by atoms with Crippen molar-refractivity contribution in [3.8, 4) is 0 Å². The first-order chi connectivity index (χ1) is 6.25. The molecule has 0 saturated carbocycles. The quantitative estimate of drug-likeness (QED) is 0.609. The molecule has 0 atom stereocenters. The number of ether oxygens (including phenoxy) is 3. The fraction of sp³-hybridized carbons (Fsp3) is 0.875. The van der Waals surface area contributed by atoms with Gasteiger partial charge in [0.15, 0.2) is 0 Å². The van der Waals surface area contributed by atoms with Gasteiger partial charge >= 0.3 is 5.97 Å². The van der Waals surface area contributed by atoms with E-state index in [1.807, 2.05) is 0 Å². The van der Waals surface area contributed by atoms with Crippen LogP contribution >= 0.6 is 0 Å². The number of rotatable bonds is 3. The van der Waals surface area contributed by atoms with E-state index in [0.29, 0.717) is 6.61 Å². The van der Waals surface area contributed by atoms with E-state index in [2.05, 4.69) is 0 Å². The maximum Gasteiger partial charge on any atom is 0.319 e. The second-order valence-corrected chi connectivity index (χ2v) is 2.97. The summed E-state index contributed by atoms with van der Waals surface area (Å²) in [4.78, 5) is 11.4. The van der Waals surface area contributed by atoms with Crippen LogP contribution in [0.1, 0.15) is 6.92 Å². The van der Waals surface area contributed by atoms with Gasteiger partial charge in [0, 0.05) is 0 Å². The molecular formula is C8H14O5. The van der Waals surface area contributed by atoms with Crippen LogP contribution in [0.5, 0.6) is 0 Å². The zero-order valence-corrected chi connectivity index (χ0v) is 7.62. The summed E-state index contributed by atoms with van der Waals surface area (Å²) in [6, 6.07) is 0. The van der Waals surface area contributed by atoms with Crippen molar-refractivity contribution in [1.29, 1.82) is 0 Å². The van der Waals surface area contributed by atoms with Crippen molar-refractivity contribution in [1.82, 2.24) is 0 Å². The molecule has 0 radical (unpaired) electrons. The van der Waals surface area contributed by atoms with Gasteiger partial charge in [-0.15, -0.1) is 0 Å². The maximum absolute atomic E-state index is 11.4. The van der Waals surface area contributed by atoms with Crippen LogP contribution in [0, 0.1) is 5.41 Å². The highest BCUT2D eigenvalue weighted by molar-refractivity contribution is 5.77. The summed E-state index contributed by atoms with van der Waals surface area (Å²) in [6.07, 6.45) is 0. The monoisotopic (exact) mass is 190 g/mol. The lowest BCUT2D eigenvalue weighted by molar-refractivity contribution is -0.201. The Labute approximate surface area is 76.6 Å². The summed E-state index contributed by atoms with van der Waals surface area (Å²) < 4.78 is 14.7. The van der Waals surface area contributed by atoms with Gasteiger partial charge in [-0.2, -0.15) is 0 Å². The van der Waals surface area contributed by atoms with E-state index in [9.17, 15) is 4.79 Å². The van der Waals surface area contributed by atoms with Gasteiger partial charge in [-0.3, -0.25) is 4.79 Å². The lowest BCUT2D eigenvalue weighted by Gasteiger charge is -2.32. The van der Waals surface area contributed by atoms with Crippen molar-refractivity contribution in [2.45, 2.75) is 6.92 Å². The second-order valence-electron chi connectivity index (χ2n) is 2.97. The van der Waals surface area contributed by atoms with Crippen molar-refractivity contribution < 1.29 is 24.1 Å². The fourth-order valence-electron chi connectivity index (χ4n) is 1.13. The SMILES string of the molecule is CCOC(=O)C1(CO)COCOC1. The van der Waals surface area contributed by atoms with Crippen LogP contribution in [-0.2, 0) is 19.0 Å². The summed E-state index contributed by atoms with van der Waals surface area (Å²) in [5.74, 6) is -0.461. The lowest BCUT2D eigenvalue weighted by atomic mass is 9.91. The Morgan fingerprint density at radius 3 is 2.62 bits per heavy atom. The Hall–Kier alpha value is -0.650. The van der Waals surface area contributed by atoms with E-state index < -0.39 is 11.4 Å². The average Bonchev–Trinajstić information content (AvgIpc) is 2.19. The van der Waals surface area contributed by atoms with Crippen LogP contribution in [0.4, 0.5) is 0 Å². The van der Waals surface area contributed by atoms with Crippen LogP contribution in [-0.4, -0.2) is 44.3 Å². The van der Waals surface area contributed by atoms with Crippen molar-refractivity contribution in [2.24, 2.45) is 5.41 Å². The van der Waals surface area contributed by atoms with Crippen LogP contribution < -0.4 is 0 Å². The zero-order chi connectivity index (χ0) is 9.73. The maximum atomic E-state index is 11.4. The molecular weight excluding hydrogens is 176 g/mol. The molecule has 5 heteroatoms. The van der Waals surface area contributed by atoms with Crippen LogP contribution in [0.15, 0.2) is 0 Å². The fourth-order valence-corrected chi connectivity index (χ4v) is 1.13. The third-order valence-corrected chi connectivity index (χ3v) is 1.93. The predicted octanol–water partition coefficient (Wildman–Crippen LogP) is -0.468. The molecule has 76 valence electrons. The number of carbonyl (C=O) groups is 1. The smallest absolute Gasteiger partial charge is 0.319 e. The summed E-state index contributed by atoms with van der Waals surface area (Å²) >= 11 is 0. The third-order valence-electron chi connectivity index (χ3n) is 1.93. The van der Waals surface area contributed by atoms with Gasteiger partial charge in [-0.05, 0) is 6.92 Å². The van der Waals surface area contributed by atoms with Crippen molar-refractivity contribution in [2.75, 3.05) is 33.2 Å². The molecule has 0 aromatic heterocycles. The van der Waals surface area contributed by atoms with Crippen molar-refractivity contribution in [3.05, 3.63) is 0 Å². The lowest BCUT2D eigenvalue weighted by Crippen LogP contribution is -2.47. The van der Waals surface area contributed by atoms with E-state index in [-0.39, 0.29) is 26.6 Å². The Kier molecular flexibility index (Phi) is 3.65. The number of aliphatic hydroxyl groups is 1. The van der Waals surface area contributed by atoms with E-state index in [1.54, 1.807) is 6.92 Å². The number of esters is 1. The first kappa shape index (κ1) is 10.4. The van der Waals surface area contributed by atoms with Gasteiger partial charge in [0.1, 0.15) is 12.2 Å². The van der Waals surface area contributed by atoms with Gasteiger partial charge in [0.05, 0.1) is 26.4 Å². The molecule has 13 heavy (non-hydrogen) atoms. The predicted molar refractivity (Wildman–Crippen MR) is 42.9 cm³/mol. The van der Waals surface area contributed by atoms with Crippen molar-refractivity contribution >= 4 is 5.97 Å². The summed E-state index contributed by atoms with van der Waals surface area (Å²) in [5, 5.41) is 9.08. The molecule has 5 nitrogen and oxygen atoms in total. The van der Waals surface area contributed by atoms with Gasteiger partial charge < -0.3 is 19.3 Å². The molecule has 1 N–H and O–H groups in total. The molecule has 1 aliphatic rings. The Balaban J connectivity index is 2.61. The summed E-state index contributed by atoms with van der Waals surface area (Å²) in [5.41, 5.74) is -1.02. The van der Waals surface area contributed by atoms with E-state index in [4.69, 9.17) is 19.3 Å². The van der Waals surface area contributed by atoms with Crippen LogP contribution in [0.25, 0.3) is 0 Å². The molecule has 0 unspecified atom stereocenters. The van der Waals surface area contributed by atoms with Gasteiger partial charge in [0.2, 0.25) is 0 Å². The molecule has 0 aromatic carbocycles. The molecule has 1 saturated heterocycles.